The first-order valence-corrected chi connectivity index (χ1v) is 5.21. The molecule has 0 aromatic heterocycles. The Hall–Kier alpha value is -1.84. The van der Waals surface area contributed by atoms with Gasteiger partial charge in [0, 0.05) is 18.9 Å². The Labute approximate surface area is 93.2 Å². The van der Waals surface area contributed by atoms with Gasteiger partial charge in [-0.05, 0) is 12.1 Å². The Bertz CT molecular complexity index is 437. The zero-order valence-corrected chi connectivity index (χ0v) is 8.99. The van der Waals surface area contributed by atoms with Crippen LogP contribution in [0.5, 0.6) is 11.5 Å². The molecule has 4 nitrogen and oxygen atoms in total. The summed E-state index contributed by atoms with van der Waals surface area (Å²) in [5.74, 6) is 0.676. The molecule has 0 fully saturated rings. The summed E-state index contributed by atoms with van der Waals surface area (Å²) < 4.78 is 10.4. The molecule has 0 bridgehead atoms. The van der Waals surface area contributed by atoms with Crippen molar-refractivity contribution in [3.05, 3.63) is 23.8 Å². The molecule has 0 radical (unpaired) electrons. The van der Waals surface area contributed by atoms with Crippen LogP contribution in [-0.4, -0.2) is 18.4 Å². The zero-order chi connectivity index (χ0) is 11.5. The number of hydrogen-bond acceptors (Lipinski definition) is 4. The van der Waals surface area contributed by atoms with Gasteiger partial charge in [0.25, 0.3) is 0 Å². The van der Waals surface area contributed by atoms with Crippen LogP contribution in [0.2, 0.25) is 0 Å². The minimum Gasteiger partial charge on any atom is -0.492 e. The second kappa shape index (κ2) is 4.35. The third-order valence-corrected chi connectivity index (χ3v) is 2.36. The van der Waals surface area contributed by atoms with Crippen LogP contribution >= 0.6 is 0 Å². The van der Waals surface area contributed by atoms with Crippen LogP contribution in [0.3, 0.4) is 0 Å². The number of Topliss-reactive ketones (excluding diaryl/α,β-unsaturated/α-hetero) is 1. The number of benzene rings is 1. The average molecular weight is 220 g/mol. The summed E-state index contributed by atoms with van der Waals surface area (Å²) in [7, 11) is 0. The fourth-order valence-corrected chi connectivity index (χ4v) is 1.51. The number of esters is 1. The van der Waals surface area contributed by atoms with Crippen molar-refractivity contribution in [3.63, 3.8) is 0 Å². The molecule has 0 spiro atoms. The lowest BCUT2D eigenvalue weighted by atomic mass is 10.1. The van der Waals surface area contributed by atoms with Crippen LogP contribution in [0.25, 0.3) is 0 Å². The number of carbonyl (C=O) groups excluding carboxylic acids is 2. The maximum absolute atomic E-state index is 11.5. The van der Waals surface area contributed by atoms with Gasteiger partial charge in [-0.25, -0.2) is 0 Å². The van der Waals surface area contributed by atoms with Crippen LogP contribution in [0.4, 0.5) is 0 Å². The first-order valence-electron chi connectivity index (χ1n) is 5.21. The number of fused-ring (bicyclic) bond motifs is 1. The monoisotopic (exact) mass is 220 g/mol. The molecule has 1 aliphatic heterocycles. The van der Waals surface area contributed by atoms with Crippen molar-refractivity contribution in [2.75, 3.05) is 6.61 Å². The van der Waals surface area contributed by atoms with E-state index in [0.29, 0.717) is 36.5 Å². The Morgan fingerprint density at radius 2 is 2.31 bits per heavy atom. The zero-order valence-electron chi connectivity index (χ0n) is 8.99. The first kappa shape index (κ1) is 10.7. The summed E-state index contributed by atoms with van der Waals surface area (Å²) in [6, 6.07) is 4.83. The van der Waals surface area contributed by atoms with E-state index in [1.807, 2.05) is 0 Å². The van der Waals surface area contributed by atoms with Crippen LogP contribution in [-0.2, 0) is 4.79 Å². The highest BCUT2D eigenvalue weighted by Crippen LogP contribution is 2.29. The fraction of sp³-hybridized carbons (Fsp3) is 0.333. The molecular weight excluding hydrogens is 208 g/mol. The standard InChI is InChI=1S/C12H12O4/c1-2-12(14)16-8-3-4-9-10(13)5-6-15-11(9)7-8/h3-4,7H,2,5-6H2,1H3. The van der Waals surface area contributed by atoms with Crippen molar-refractivity contribution in [3.8, 4) is 11.5 Å². The van der Waals surface area contributed by atoms with Gasteiger partial charge in [-0.3, -0.25) is 9.59 Å². The number of ether oxygens (including phenoxy) is 2. The van der Waals surface area contributed by atoms with Crippen LogP contribution in [0, 0.1) is 0 Å². The van der Waals surface area contributed by atoms with E-state index in [1.54, 1.807) is 25.1 Å². The van der Waals surface area contributed by atoms with Crippen molar-refractivity contribution in [1.29, 1.82) is 0 Å². The summed E-state index contributed by atoms with van der Waals surface area (Å²) in [4.78, 5) is 22.6. The normalized spacial score (nSPS) is 13.9. The lowest BCUT2D eigenvalue weighted by molar-refractivity contribution is -0.134. The molecule has 0 atom stereocenters. The van der Waals surface area contributed by atoms with Crippen LogP contribution in [0.1, 0.15) is 30.1 Å². The summed E-state index contributed by atoms with van der Waals surface area (Å²) in [6.07, 6.45) is 0.720. The van der Waals surface area contributed by atoms with Crippen molar-refractivity contribution in [2.24, 2.45) is 0 Å². The highest BCUT2D eigenvalue weighted by atomic mass is 16.5. The predicted octanol–water partition coefficient (Wildman–Crippen LogP) is 1.97. The molecule has 84 valence electrons. The minimum absolute atomic E-state index is 0.0645. The third-order valence-electron chi connectivity index (χ3n) is 2.36. The maximum Gasteiger partial charge on any atom is 0.310 e. The number of carbonyl (C=O) groups is 2. The van der Waals surface area contributed by atoms with E-state index in [-0.39, 0.29) is 11.8 Å². The number of ketones is 1. The largest absolute Gasteiger partial charge is 0.492 e. The van der Waals surface area contributed by atoms with Gasteiger partial charge in [-0.2, -0.15) is 0 Å². The molecule has 0 amide bonds. The SMILES string of the molecule is CCC(=O)Oc1ccc2c(c1)OCCC2=O. The average Bonchev–Trinajstić information content (AvgIpc) is 2.29. The van der Waals surface area contributed by atoms with Crippen LogP contribution < -0.4 is 9.47 Å². The van der Waals surface area contributed by atoms with Gasteiger partial charge in [0.1, 0.15) is 11.5 Å². The van der Waals surface area contributed by atoms with E-state index in [0.717, 1.165) is 0 Å². The number of hydrogen-bond donors (Lipinski definition) is 0. The van der Waals surface area contributed by atoms with Gasteiger partial charge in [0.05, 0.1) is 12.2 Å². The highest BCUT2D eigenvalue weighted by Gasteiger charge is 2.19. The summed E-state index contributed by atoms with van der Waals surface area (Å²) in [5, 5.41) is 0. The molecule has 1 aromatic rings. The van der Waals surface area contributed by atoms with E-state index in [4.69, 9.17) is 9.47 Å². The first-order chi connectivity index (χ1) is 7.70. The second-order valence-electron chi connectivity index (χ2n) is 3.51. The molecular formula is C12H12O4. The highest BCUT2D eigenvalue weighted by molar-refractivity contribution is 5.99. The smallest absolute Gasteiger partial charge is 0.310 e. The molecule has 4 heteroatoms. The quantitative estimate of drug-likeness (QED) is 0.564. The molecule has 1 aliphatic rings. The molecule has 1 heterocycles. The molecule has 0 saturated carbocycles. The molecule has 0 N–H and O–H groups in total. The van der Waals surface area contributed by atoms with Crippen molar-refractivity contribution >= 4 is 11.8 Å². The van der Waals surface area contributed by atoms with E-state index in [2.05, 4.69) is 0 Å². The lowest BCUT2D eigenvalue weighted by Crippen LogP contribution is -2.15. The minimum atomic E-state index is -0.304. The second-order valence-corrected chi connectivity index (χ2v) is 3.51. The third kappa shape index (κ3) is 2.05. The van der Waals surface area contributed by atoms with Gasteiger partial charge in [-0.15, -0.1) is 0 Å². The fourth-order valence-electron chi connectivity index (χ4n) is 1.51. The van der Waals surface area contributed by atoms with E-state index >= 15 is 0 Å². The Balaban J connectivity index is 2.25. The van der Waals surface area contributed by atoms with Crippen molar-refractivity contribution in [2.45, 2.75) is 19.8 Å². The summed E-state index contributed by atoms with van der Waals surface area (Å²) >= 11 is 0. The molecule has 0 aliphatic carbocycles. The van der Waals surface area contributed by atoms with E-state index < -0.39 is 0 Å². The van der Waals surface area contributed by atoms with E-state index in [9.17, 15) is 9.59 Å². The van der Waals surface area contributed by atoms with Gasteiger partial charge in [0.2, 0.25) is 0 Å². The molecule has 1 aromatic carbocycles. The summed E-state index contributed by atoms with van der Waals surface area (Å²) in [6.45, 7) is 2.11. The van der Waals surface area contributed by atoms with Crippen molar-refractivity contribution < 1.29 is 19.1 Å². The van der Waals surface area contributed by atoms with Gasteiger partial charge in [0.15, 0.2) is 5.78 Å². The number of rotatable bonds is 2. The Kier molecular flexibility index (Phi) is 2.90. The maximum atomic E-state index is 11.5. The Morgan fingerprint density at radius 3 is 3.06 bits per heavy atom. The molecule has 0 unspecified atom stereocenters. The molecule has 2 rings (SSSR count). The van der Waals surface area contributed by atoms with E-state index in [1.165, 1.54) is 0 Å². The Morgan fingerprint density at radius 1 is 1.50 bits per heavy atom. The van der Waals surface area contributed by atoms with Crippen molar-refractivity contribution in [1.82, 2.24) is 0 Å². The topological polar surface area (TPSA) is 52.6 Å². The molecule has 0 saturated heterocycles. The van der Waals surface area contributed by atoms with Gasteiger partial charge >= 0.3 is 5.97 Å². The summed E-state index contributed by atoms with van der Waals surface area (Å²) in [5.41, 5.74) is 0.558. The van der Waals surface area contributed by atoms with Crippen LogP contribution in [0.15, 0.2) is 18.2 Å². The predicted molar refractivity (Wildman–Crippen MR) is 56.8 cm³/mol. The molecule has 16 heavy (non-hydrogen) atoms. The van der Waals surface area contributed by atoms with Gasteiger partial charge < -0.3 is 9.47 Å². The van der Waals surface area contributed by atoms with Gasteiger partial charge in [-0.1, -0.05) is 6.92 Å². The lowest BCUT2D eigenvalue weighted by Gasteiger charge is -2.16.